The maximum atomic E-state index is 12.1. The molecule has 0 amide bonds. The Hall–Kier alpha value is -2.01. The van der Waals surface area contributed by atoms with Crippen molar-refractivity contribution in [1.82, 2.24) is 20.1 Å². The van der Waals surface area contributed by atoms with E-state index in [2.05, 4.69) is 22.3 Å². The van der Waals surface area contributed by atoms with Gasteiger partial charge >= 0.3 is 0 Å². The quantitative estimate of drug-likeness (QED) is 0.814. The van der Waals surface area contributed by atoms with E-state index >= 15 is 0 Å². The highest BCUT2D eigenvalue weighted by atomic mass is 16.1. The maximum Gasteiger partial charge on any atom is 0.271 e. The molecule has 5 heteroatoms. The van der Waals surface area contributed by atoms with E-state index in [9.17, 15) is 4.79 Å². The van der Waals surface area contributed by atoms with Gasteiger partial charge in [0, 0.05) is 25.4 Å². The van der Waals surface area contributed by atoms with Gasteiger partial charge in [-0.15, -0.1) is 0 Å². The third-order valence-electron chi connectivity index (χ3n) is 3.09. The van der Waals surface area contributed by atoms with Gasteiger partial charge in [-0.2, -0.15) is 5.10 Å². The van der Waals surface area contributed by atoms with E-state index in [4.69, 9.17) is 0 Å². The first-order valence-electron chi connectivity index (χ1n) is 6.91. The molecular formula is C15H20N4O. The molecule has 2 aromatic rings. The van der Waals surface area contributed by atoms with Gasteiger partial charge in [0.15, 0.2) is 0 Å². The second-order valence-electron chi connectivity index (χ2n) is 4.73. The summed E-state index contributed by atoms with van der Waals surface area (Å²) in [4.78, 5) is 16.3. The highest BCUT2D eigenvalue weighted by Gasteiger charge is 2.08. The Labute approximate surface area is 118 Å². The molecule has 20 heavy (non-hydrogen) atoms. The molecule has 1 N–H and O–H groups in total. The third-order valence-corrected chi connectivity index (χ3v) is 3.09. The van der Waals surface area contributed by atoms with Gasteiger partial charge in [-0.25, -0.2) is 4.68 Å². The molecule has 0 saturated heterocycles. The summed E-state index contributed by atoms with van der Waals surface area (Å²) in [6.45, 7) is 3.63. The van der Waals surface area contributed by atoms with Crippen molar-refractivity contribution in [3.63, 3.8) is 0 Å². The van der Waals surface area contributed by atoms with Crippen LogP contribution >= 0.6 is 0 Å². The molecule has 0 saturated carbocycles. The number of nitrogens with one attached hydrogen (secondary N) is 1. The van der Waals surface area contributed by atoms with Crippen molar-refractivity contribution < 1.29 is 0 Å². The standard InChI is InChI=1S/C15H20N4O/c1-3-4-8-16-11-12-10-14(18-19(2)15(12)20)13-7-5-6-9-17-13/h5-7,9-10,16H,3-4,8,11H2,1-2H3. The lowest BCUT2D eigenvalue weighted by atomic mass is 10.2. The topological polar surface area (TPSA) is 59.8 Å². The average molecular weight is 272 g/mol. The van der Waals surface area contributed by atoms with E-state index in [1.807, 2.05) is 24.3 Å². The Balaban J connectivity index is 2.24. The number of hydrogen-bond acceptors (Lipinski definition) is 4. The Morgan fingerprint density at radius 3 is 2.85 bits per heavy atom. The molecule has 0 fully saturated rings. The summed E-state index contributed by atoms with van der Waals surface area (Å²) in [6, 6.07) is 7.48. The number of unbranched alkanes of at least 4 members (excludes halogenated alkanes) is 1. The predicted octanol–water partition coefficient (Wildman–Crippen LogP) is 1.73. The summed E-state index contributed by atoms with van der Waals surface area (Å²) in [5.74, 6) is 0. The smallest absolute Gasteiger partial charge is 0.271 e. The maximum absolute atomic E-state index is 12.1. The fourth-order valence-electron chi connectivity index (χ4n) is 1.96. The van der Waals surface area contributed by atoms with Crippen molar-refractivity contribution in [3.05, 3.63) is 46.4 Å². The lowest BCUT2D eigenvalue weighted by Crippen LogP contribution is -2.28. The molecule has 2 rings (SSSR count). The molecule has 2 heterocycles. The Kier molecular flexibility index (Phi) is 5.01. The van der Waals surface area contributed by atoms with E-state index in [1.165, 1.54) is 4.68 Å². The molecule has 0 radical (unpaired) electrons. The zero-order valence-electron chi connectivity index (χ0n) is 12.0. The van der Waals surface area contributed by atoms with Gasteiger partial charge in [0.2, 0.25) is 0 Å². The first-order chi connectivity index (χ1) is 9.72. The lowest BCUT2D eigenvalue weighted by molar-refractivity contribution is 0.622. The largest absolute Gasteiger partial charge is 0.312 e. The van der Waals surface area contributed by atoms with Crippen LogP contribution in [0.2, 0.25) is 0 Å². The Bertz CT molecular complexity index is 607. The molecule has 0 bridgehead atoms. The monoisotopic (exact) mass is 272 g/mol. The molecule has 0 aromatic carbocycles. The molecule has 2 aromatic heterocycles. The van der Waals surface area contributed by atoms with Crippen molar-refractivity contribution in [3.8, 4) is 11.4 Å². The van der Waals surface area contributed by atoms with Crippen LogP contribution in [0.25, 0.3) is 11.4 Å². The zero-order chi connectivity index (χ0) is 14.4. The summed E-state index contributed by atoms with van der Waals surface area (Å²) in [5, 5.41) is 7.55. The normalized spacial score (nSPS) is 10.7. The molecule has 5 nitrogen and oxygen atoms in total. The van der Waals surface area contributed by atoms with Crippen LogP contribution < -0.4 is 10.9 Å². The van der Waals surface area contributed by atoms with Gasteiger partial charge < -0.3 is 5.32 Å². The van der Waals surface area contributed by atoms with E-state index in [1.54, 1.807) is 13.2 Å². The third kappa shape index (κ3) is 3.51. The van der Waals surface area contributed by atoms with Gasteiger partial charge in [-0.05, 0) is 31.2 Å². The van der Waals surface area contributed by atoms with Gasteiger partial charge in [0.25, 0.3) is 5.56 Å². The van der Waals surface area contributed by atoms with Crippen LogP contribution in [0.5, 0.6) is 0 Å². The van der Waals surface area contributed by atoms with Crippen LogP contribution in [-0.2, 0) is 13.6 Å². The summed E-state index contributed by atoms with van der Waals surface area (Å²) in [5.41, 5.74) is 2.16. The van der Waals surface area contributed by atoms with Crippen molar-refractivity contribution in [2.45, 2.75) is 26.3 Å². The number of rotatable bonds is 6. The van der Waals surface area contributed by atoms with E-state index in [0.29, 0.717) is 6.54 Å². The first kappa shape index (κ1) is 14.4. The van der Waals surface area contributed by atoms with Crippen molar-refractivity contribution >= 4 is 0 Å². The summed E-state index contributed by atoms with van der Waals surface area (Å²) >= 11 is 0. The summed E-state index contributed by atoms with van der Waals surface area (Å²) < 4.78 is 1.38. The van der Waals surface area contributed by atoms with Crippen LogP contribution in [0.4, 0.5) is 0 Å². The number of aryl methyl sites for hydroxylation is 1. The fraction of sp³-hybridized carbons (Fsp3) is 0.400. The summed E-state index contributed by atoms with van der Waals surface area (Å²) in [7, 11) is 1.67. The fourth-order valence-corrected chi connectivity index (χ4v) is 1.96. The minimum atomic E-state index is -0.0614. The van der Waals surface area contributed by atoms with Crippen LogP contribution in [-0.4, -0.2) is 21.3 Å². The van der Waals surface area contributed by atoms with E-state index < -0.39 is 0 Å². The molecule has 0 unspecified atom stereocenters. The lowest BCUT2D eigenvalue weighted by Gasteiger charge is -2.08. The molecule has 0 spiro atoms. The van der Waals surface area contributed by atoms with Crippen LogP contribution in [0.1, 0.15) is 25.3 Å². The van der Waals surface area contributed by atoms with Gasteiger partial charge in [-0.1, -0.05) is 19.4 Å². The number of nitrogens with zero attached hydrogens (tertiary/aromatic N) is 3. The highest BCUT2D eigenvalue weighted by Crippen LogP contribution is 2.12. The number of pyridine rings is 1. The van der Waals surface area contributed by atoms with Crippen LogP contribution in [0.3, 0.4) is 0 Å². The number of aromatic nitrogens is 3. The minimum Gasteiger partial charge on any atom is -0.312 e. The molecule has 0 atom stereocenters. The van der Waals surface area contributed by atoms with Crippen LogP contribution in [0, 0.1) is 0 Å². The SMILES string of the molecule is CCCCNCc1cc(-c2ccccn2)nn(C)c1=O. The Morgan fingerprint density at radius 2 is 2.15 bits per heavy atom. The van der Waals surface area contributed by atoms with Gasteiger partial charge in [0.1, 0.15) is 5.69 Å². The van der Waals surface area contributed by atoms with Crippen molar-refractivity contribution in [2.75, 3.05) is 6.54 Å². The predicted molar refractivity (Wildman–Crippen MR) is 79.3 cm³/mol. The van der Waals surface area contributed by atoms with Crippen molar-refractivity contribution in [2.24, 2.45) is 7.05 Å². The molecule has 106 valence electrons. The van der Waals surface area contributed by atoms with E-state index in [0.717, 1.165) is 36.3 Å². The van der Waals surface area contributed by atoms with E-state index in [-0.39, 0.29) is 5.56 Å². The minimum absolute atomic E-state index is 0.0614. The molecule has 0 aliphatic heterocycles. The van der Waals surface area contributed by atoms with Crippen LogP contribution in [0.15, 0.2) is 35.3 Å². The van der Waals surface area contributed by atoms with Gasteiger partial charge in [0.05, 0.1) is 5.69 Å². The molecular weight excluding hydrogens is 252 g/mol. The molecule has 0 aliphatic carbocycles. The Morgan fingerprint density at radius 1 is 1.30 bits per heavy atom. The number of hydrogen-bond donors (Lipinski definition) is 1. The zero-order valence-corrected chi connectivity index (χ0v) is 12.0. The summed E-state index contributed by atoms with van der Waals surface area (Å²) in [6.07, 6.45) is 3.97. The second-order valence-corrected chi connectivity index (χ2v) is 4.73. The first-order valence-corrected chi connectivity index (χ1v) is 6.91. The molecule has 0 aliphatic rings. The second kappa shape index (κ2) is 6.96. The van der Waals surface area contributed by atoms with Gasteiger partial charge in [-0.3, -0.25) is 9.78 Å². The highest BCUT2D eigenvalue weighted by molar-refractivity contribution is 5.53. The van der Waals surface area contributed by atoms with Crippen molar-refractivity contribution in [1.29, 1.82) is 0 Å². The average Bonchev–Trinajstić information content (AvgIpc) is 2.48.